The average molecular weight is 293 g/mol. The highest BCUT2D eigenvalue weighted by molar-refractivity contribution is 5.82. The van der Waals surface area contributed by atoms with Crippen molar-refractivity contribution in [1.82, 2.24) is 5.32 Å². The molecule has 5 nitrogen and oxygen atoms in total. The Kier molecular flexibility index (Phi) is 5.76. The Hall–Kier alpha value is -2.04. The van der Waals surface area contributed by atoms with Crippen LogP contribution in [-0.4, -0.2) is 23.6 Å². The third-order valence-electron chi connectivity index (χ3n) is 3.59. The Labute approximate surface area is 125 Å². The predicted molar refractivity (Wildman–Crippen MR) is 80.2 cm³/mol. The van der Waals surface area contributed by atoms with Crippen LogP contribution in [0.3, 0.4) is 0 Å². The molecule has 1 atom stereocenters. The lowest BCUT2D eigenvalue weighted by atomic mass is 9.89. The molecule has 1 aromatic carbocycles. The summed E-state index contributed by atoms with van der Waals surface area (Å²) in [5.74, 6) is -0.501. The summed E-state index contributed by atoms with van der Waals surface area (Å²) in [7, 11) is 0. The van der Waals surface area contributed by atoms with Crippen LogP contribution in [0.2, 0.25) is 0 Å². The molecule has 116 valence electrons. The standard InChI is InChI=1S/C16H23NO4/c1-5-16(3,4)15(20)17-11(2)12-6-8-13(9-7-12)21-10-14(18)19/h6-9,11H,5,10H2,1-4H3,(H,17,20)(H,18,19). The number of carboxylic acids is 1. The number of rotatable bonds is 7. The maximum absolute atomic E-state index is 12.1. The van der Waals surface area contributed by atoms with Crippen molar-refractivity contribution < 1.29 is 19.4 Å². The number of hydrogen-bond acceptors (Lipinski definition) is 3. The van der Waals surface area contributed by atoms with Gasteiger partial charge in [-0.25, -0.2) is 4.79 Å². The van der Waals surface area contributed by atoms with Crippen LogP contribution in [0.4, 0.5) is 0 Å². The van der Waals surface area contributed by atoms with Crippen molar-refractivity contribution >= 4 is 11.9 Å². The summed E-state index contributed by atoms with van der Waals surface area (Å²) in [6.45, 7) is 7.36. The van der Waals surface area contributed by atoms with Gasteiger partial charge in [-0.15, -0.1) is 0 Å². The molecule has 0 aliphatic heterocycles. The summed E-state index contributed by atoms with van der Waals surface area (Å²) >= 11 is 0. The highest BCUT2D eigenvalue weighted by Gasteiger charge is 2.26. The summed E-state index contributed by atoms with van der Waals surface area (Å²) in [5.41, 5.74) is 0.552. The SMILES string of the molecule is CCC(C)(C)C(=O)NC(C)c1ccc(OCC(=O)O)cc1. The molecule has 1 rings (SSSR count). The summed E-state index contributed by atoms with van der Waals surface area (Å²) in [6, 6.07) is 6.93. The number of carbonyl (C=O) groups excluding carboxylic acids is 1. The van der Waals surface area contributed by atoms with Crippen molar-refractivity contribution in [2.45, 2.75) is 40.2 Å². The Morgan fingerprint density at radius 1 is 1.29 bits per heavy atom. The molecule has 0 saturated carbocycles. The topological polar surface area (TPSA) is 75.6 Å². The zero-order valence-corrected chi connectivity index (χ0v) is 13.0. The van der Waals surface area contributed by atoms with Gasteiger partial charge in [0.05, 0.1) is 6.04 Å². The van der Waals surface area contributed by atoms with Crippen LogP contribution in [0.15, 0.2) is 24.3 Å². The van der Waals surface area contributed by atoms with Crippen molar-refractivity contribution in [3.8, 4) is 5.75 Å². The number of benzene rings is 1. The molecule has 1 amide bonds. The molecule has 0 bridgehead atoms. The van der Waals surface area contributed by atoms with Gasteiger partial charge >= 0.3 is 5.97 Å². The van der Waals surface area contributed by atoms with E-state index in [1.54, 1.807) is 12.1 Å². The summed E-state index contributed by atoms with van der Waals surface area (Å²) in [4.78, 5) is 22.5. The smallest absolute Gasteiger partial charge is 0.341 e. The van der Waals surface area contributed by atoms with Gasteiger partial charge in [0, 0.05) is 5.41 Å². The summed E-state index contributed by atoms with van der Waals surface area (Å²) in [5, 5.41) is 11.5. The molecular formula is C16H23NO4. The van der Waals surface area contributed by atoms with Gasteiger partial charge in [-0.3, -0.25) is 4.79 Å². The largest absolute Gasteiger partial charge is 0.482 e. The molecule has 0 spiro atoms. The van der Waals surface area contributed by atoms with Gasteiger partial charge in [0.2, 0.25) is 5.91 Å². The number of aliphatic carboxylic acids is 1. The fourth-order valence-electron chi connectivity index (χ4n) is 1.63. The molecular weight excluding hydrogens is 270 g/mol. The number of nitrogens with one attached hydrogen (secondary N) is 1. The maximum Gasteiger partial charge on any atom is 0.341 e. The van der Waals surface area contributed by atoms with E-state index in [2.05, 4.69) is 5.32 Å². The minimum absolute atomic E-state index is 0.0173. The van der Waals surface area contributed by atoms with Crippen LogP contribution in [0.5, 0.6) is 5.75 Å². The molecule has 0 aliphatic rings. The van der Waals surface area contributed by atoms with Crippen LogP contribution in [0.1, 0.15) is 45.7 Å². The monoisotopic (exact) mass is 293 g/mol. The van der Waals surface area contributed by atoms with E-state index in [1.165, 1.54) is 0 Å². The van der Waals surface area contributed by atoms with E-state index in [1.807, 2.05) is 39.8 Å². The van der Waals surface area contributed by atoms with Gasteiger partial charge in [0.1, 0.15) is 5.75 Å². The Bertz CT molecular complexity index is 494. The van der Waals surface area contributed by atoms with Crippen LogP contribution in [-0.2, 0) is 9.59 Å². The maximum atomic E-state index is 12.1. The average Bonchev–Trinajstić information content (AvgIpc) is 2.45. The zero-order valence-electron chi connectivity index (χ0n) is 13.0. The first-order chi connectivity index (χ1) is 9.76. The number of ether oxygens (including phenoxy) is 1. The lowest BCUT2D eigenvalue weighted by molar-refractivity contribution is -0.139. The Morgan fingerprint density at radius 3 is 2.33 bits per heavy atom. The summed E-state index contributed by atoms with van der Waals surface area (Å²) < 4.78 is 5.07. The normalized spacial score (nSPS) is 12.6. The van der Waals surface area contributed by atoms with Crippen molar-refractivity contribution in [2.24, 2.45) is 5.41 Å². The first kappa shape index (κ1) is 17.0. The van der Waals surface area contributed by atoms with Crippen molar-refractivity contribution in [3.05, 3.63) is 29.8 Å². The lowest BCUT2D eigenvalue weighted by Crippen LogP contribution is -2.37. The van der Waals surface area contributed by atoms with Gasteiger partial charge in [-0.05, 0) is 31.0 Å². The molecule has 1 unspecified atom stereocenters. The first-order valence-electron chi connectivity index (χ1n) is 7.01. The van der Waals surface area contributed by atoms with Crippen LogP contribution >= 0.6 is 0 Å². The number of carbonyl (C=O) groups is 2. The van der Waals surface area contributed by atoms with E-state index < -0.39 is 11.4 Å². The molecule has 0 heterocycles. The first-order valence-corrected chi connectivity index (χ1v) is 7.01. The van der Waals surface area contributed by atoms with Crippen LogP contribution in [0, 0.1) is 5.41 Å². The third-order valence-corrected chi connectivity index (χ3v) is 3.59. The highest BCUT2D eigenvalue weighted by atomic mass is 16.5. The number of amides is 1. The van der Waals surface area contributed by atoms with Gasteiger partial charge < -0.3 is 15.2 Å². The lowest BCUT2D eigenvalue weighted by Gasteiger charge is -2.24. The minimum Gasteiger partial charge on any atom is -0.482 e. The molecule has 2 N–H and O–H groups in total. The van der Waals surface area contributed by atoms with Gasteiger partial charge in [-0.2, -0.15) is 0 Å². The van der Waals surface area contributed by atoms with Gasteiger partial charge in [0.25, 0.3) is 0 Å². The van der Waals surface area contributed by atoms with E-state index in [-0.39, 0.29) is 18.6 Å². The fraction of sp³-hybridized carbons (Fsp3) is 0.500. The van der Waals surface area contributed by atoms with Gasteiger partial charge in [-0.1, -0.05) is 32.9 Å². The second-order valence-corrected chi connectivity index (χ2v) is 5.68. The van der Waals surface area contributed by atoms with Crippen LogP contribution < -0.4 is 10.1 Å². The molecule has 0 aromatic heterocycles. The van der Waals surface area contributed by atoms with Crippen molar-refractivity contribution in [2.75, 3.05) is 6.61 Å². The molecule has 0 saturated heterocycles. The zero-order chi connectivity index (χ0) is 16.0. The van der Waals surface area contributed by atoms with Crippen LogP contribution in [0.25, 0.3) is 0 Å². The Balaban J connectivity index is 2.65. The molecule has 21 heavy (non-hydrogen) atoms. The van der Waals surface area contributed by atoms with E-state index >= 15 is 0 Å². The second-order valence-electron chi connectivity index (χ2n) is 5.68. The van der Waals surface area contributed by atoms with E-state index in [0.717, 1.165) is 12.0 Å². The number of carboxylic acid groups (broad SMARTS) is 1. The van der Waals surface area contributed by atoms with E-state index in [0.29, 0.717) is 5.75 Å². The minimum atomic E-state index is -1.01. The second kappa shape index (κ2) is 7.11. The van der Waals surface area contributed by atoms with Gasteiger partial charge in [0.15, 0.2) is 6.61 Å². The molecule has 0 fully saturated rings. The number of hydrogen-bond donors (Lipinski definition) is 2. The molecule has 0 radical (unpaired) electrons. The molecule has 5 heteroatoms. The van der Waals surface area contributed by atoms with Crippen molar-refractivity contribution in [1.29, 1.82) is 0 Å². The predicted octanol–water partition coefficient (Wildman–Crippen LogP) is 2.76. The third kappa shape index (κ3) is 5.10. The molecule has 0 aliphatic carbocycles. The Morgan fingerprint density at radius 2 is 1.86 bits per heavy atom. The quantitative estimate of drug-likeness (QED) is 0.810. The van der Waals surface area contributed by atoms with E-state index in [9.17, 15) is 9.59 Å². The van der Waals surface area contributed by atoms with Crippen molar-refractivity contribution in [3.63, 3.8) is 0 Å². The summed E-state index contributed by atoms with van der Waals surface area (Å²) in [6.07, 6.45) is 0.771. The van der Waals surface area contributed by atoms with E-state index in [4.69, 9.17) is 9.84 Å². The molecule has 1 aromatic rings. The highest BCUT2D eigenvalue weighted by Crippen LogP contribution is 2.23. The fourth-order valence-corrected chi connectivity index (χ4v) is 1.63.